The minimum absolute atomic E-state index is 0.142. The van der Waals surface area contributed by atoms with Crippen LogP contribution in [-0.2, 0) is 14.4 Å². The van der Waals surface area contributed by atoms with Crippen molar-refractivity contribution in [3.63, 3.8) is 0 Å². The van der Waals surface area contributed by atoms with E-state index in [4.69, 9.17) is 9.57 Å². The van der Waals surface area contributed by atoms with Gasteiger partial charge in [-0.2, -0.15) is 5.48 Å². The number of aliphatic hydroxyl groups is 2. The number of esters is 1. The molecule has 0 aliphatic heterocycles. The van der Waals surface area contributed by atoms with Gasteiger partial charge in [0, 0.05) is 0 Å². The predicted molar refractivity (Wildman–Crippen MR) is 159 cm³/mol. The number of carbonyl (C=O) groups is 1. The lowest BCUT2D eigenvalue weighted by atomic mass is 9.47. The van der Waals surface area contributed by atoms with Crippen LogP contribution in [0.1, 0.15) is 112 Å². The number of carbonyl (C=O) groups excluding carboxylic acids is 1. The summed E-state index contributed by atoms with van der Waals surface area (Å²) in [6.07, 6.45) is 17.1. The van der Waals surface area contributed by atoms with Gasteiger partial charge < -0.3 is 14.9 Å². The number of allylic oxidation sites excluding steroid dienone is 1. The molecule has 40 heavy (non-hydrogen) atoms. The van der Waals surface area contributed by atoms with Gasteiger partial charge >= 0.3 is 5.97 Å². The zero-order valence-electron chi connectivity index (χ0n) is 26.3. The second kappa shape index (κ2) is 13.1. The zero-order chi connectivity index (χ0) is 29.1. The third-order valence-electron chi connectivity index (χ3n) is 12.1. The first-order valence-electron chi connectivity index (χ1n) is 16.5. The molecule has 0 bridgehead atoms. The van der Waals surface area contributed by atoms with Crippen molar-refractivity contribution in [2.45, 2.75) is 118 Å². The van der Waals surface area contributed by atoms with Crippen molar-refractivity contribution in [2.75, 3.05) is 26.4 Å². The van der Waals surface area contributed by atoms with Crippen LogP contribution < -0.4 is 5.48 Å². The fraction of sp³-hybridized carbons (Fsp3) is 0.912. The smallest absolute Gasteiger partial charge is 0.316 e. The first kappa shape index (κ1) is 32.0. The second-order valence-electron chi connectivity index (χ2n) is 15.2. The molecule has 4 rings (SSSR count). The Balaban J connectivity index is 1.29. The molecule has 8 atom stereocenters. The summed E-state index contributed by atoms with van der Waals surface area (Å²) in [5.41, 5.74) is 4.19. The van der Waals surface area contributed by atoms with Crippen molar-refractivity contribution in [3.8, 4) is 0 Å². The van der Waals surface area contributed by atoms with E-state index in [2.05, 4.69) is 46.2 Å². The average molecular weight is 562 g/mol. The van der Waals surface area contributed by atoms with E-state index in [0.717, 1.165) is 48.3 Å². The highest BCUT2D eigenvalue weighted by Gasteiger charge is 2.59. The summed E-state index contributed by atoms with van der Waals surface area (Å²) in [6, 6.07) is 0. The van der Waals surface area contributed by atoms with Gasteiger partial charge in [-0.25, -0.2) is 0 Å². The van der Waals surface area contributed by atoms with Crippen molar-refractivity contribution in [3.05, 3.63) is 11.6 Å². The van der Waals surface area contributed by atoms with Crippen LogP contribution in [0.15, 0.2) is 11.6 Å². The minimum Gasteiger partial charge on any atom is -0.464 e. The number of hydrogen-bond acceptors (Lipinski definition) is 6. The third-order valence-corrected chi connectivity index (χ3v) is 12.1. The van der Waals surface area contributed by atoms with Gasteiger partial charge in [0.15, 0.2) is 0 Å². The summed E-state index contributed by atoms with van der Waals surface area (Å²) in [5.74, 6) is 4.52. The lowest BCUT2D eigenvalue weighted by Gasteiger charge is -2.58. The highest BCUT2D eigenvalue weighted by molar-refractivity contribution is 5.76. The summed E-state index contributed by atoms with van der Waals surface area (Å²) in [4.78, 5) is 18.1. The van der Waals surface area contributed by atoms with Crippen molar-refractivity contribution in [2.24, 2.45) is 51.8 Å². The molecule has 4 aliphatic rings. The molecule has 2 unspecified atom stereocenters. The molecule has 6 heteroatoms. The van der Waals surface area contributed by atoms with Gasteiger partial charge in [-0.15, -0.1) is 0 Å². The minimum atomic E-state index is -1.26. The largest absolute Gasteiger partial charge is 0.464 e. The molecule has 0 saturated heterocycles. The standard InChI is InChI=1S/C34H59NO5/c1-23(2)8-7-9-24(3)28-12-13-29-27-11-10-25-20-26(14-16-33(25,5)30(27)15-17-34(28,29)6)40-35-18-19-39-31(38)32(4,21-36)22-37/h10,23-24,26-30,35-37H,7-9,11-22H2,1-6H3/t24-,26?,27+,28?,29+,30+,33+,34-/m1/s1. The van der Waals surface area contributed by atoms with Gasteiger partial charge in [-0.1, -0.05) is 65.5 Å². The van der Waals surface area contributed by atoms with E-state index in [-0.39, 0.29) is 12.7 Å². The Labute approximate surface area is 244 Å². The van der Waals surface area contributed by atoms with E-state index in [1.807, 2.05) is 0 Å². The summed E-state index contributed by atoms with van der Waals surface area (Å²) < 4.78 is 5.22. The van der Waals surface area contributed by atoms with Crippen LogP contribution in [0.4, 0.5) is 0 Å². The van der Waals surface area contributed by atoms with Gasteiger partial charge in [0.1, 0.15) is 12.0 Å². The molecule has 0 aromatic heterocycles. The molecule has 6 nitrogen and oxygen atoms in total. The predicted octanol–water partition coefficient (Wildman–Crippen LogP) is 6.45. The monoisotopic (exact) mass is 561 g/mol. The lowest BCUT2D eigenvalue weighted by molar-refractivity contribution is -0.161. The van der Waals surface area contributed by atoms with Crippen LogP contribution >= 0.6 is 0 Å². The quantitative estimate of drug-likeness (QED) is 0.104. The van der Waals surface area contributed by atoms with Crippen LogP contribution in [0.2, 0.25) is 0 Å². The van der Waals surface area contributed by atoms with E-state index in [1.165, 1.54) is 64.7 Å². The van der Waals surface area contributed by atoms with Crippen LogP contribution in [0, 0.1) is 51.8 Å². The number of nitrogens with one attached hydrogen (secondary N) is 1. The molecule has 0 radical (unpaired) electrons. The number of fused-ring (bicyclic) bond motifs is 5. The van der Waals surface area contributed by atoms with Crippen molar-refractivity contribution in [1.29, 1.82) is 0 Å². The fourth-order valence-corrected chi connectivity index (χ4v) is 9.47. The normalized spacial score (nSPS) is 36.4. The molecule has 3 saturated carbocycles. The SMILES string of the molecule is CC(C)CCC[C@@H](C)C1CC[C@H]2[C@@H]3CC=C4CC(ONCCOC(=O)C(C)(CO)CO)CC[C@]4(C)[C@H]3CC[C@]12C. The Morgan fingerprint density at radius 3 is 2.52 bits per heavy atom. The van der Waals surface area contributed by atoms with Gasteiger partial charge in [0.25, 0.3) is 0 Å². The van der Waals surface area contributed by atoms with Gasteiger partial charge in [0.2, 0.25) is 0 Å². The van der Waals surface area contributed by atoms with Gasteiger partial charge in [-0.05, 0) is 105 Å². The third kappa shape index (κ3) is 6.35. The van der Waals surface area contributed by atoms with Crippen LogP contribution in [0.3, 0.4) is 0 Å². The van der Waals surface area contributed by atoms with Crippen molar-refractivity contribution in [1.82, 2.24) is 5.48 Å². The maximum atomic E-state index is 12.1. The molecule has 0 spiro atoms. The molecule has 4 aliphatic carbocycles. The number of hydrogen-bond donors (Lipinski definition) is 3. The maximum Gasteiger partial charge on any atom is 0.316 e. The Morgan fingerprint density at radius 1 is 1.07 bits per heavy atom. The first-order chi connectivity index (χ1) is 19.0. The highest BCUT2D eigenvalue weighted by atomic mass is 16.7. The molecule has 0 aromatic rings. The van der Waals surface area contributed by atoms with E-state index in [0.29, 0.717) is 17.4 Å². The molecule has 0 amide bonds. The summed E-state index contributed by atoms with van der Waals surface area (Å²) >= 11 is 0. The van der Waals surface area contributed by atoms with Crippen molar-refractivity contribution >= 4 is 5.97 Å². The van der Waals surface area contributed by atoms with E-state index >= 15 is 0 Å². The molecule has 3 fully saturated rings. The van der Waals surface area contributed by atoms with Crippen molar-refractivity contribution < 1.29 is 24.6 Å². The van der Waals surface area contributed by atoms with Gasteiger partial charge in [-0.3, -0.25) is 9.63 Å². The highest BCUT2D eigenvalue weighted by Crippen LogP contribution is 2.67. The number of hydroxylamine groups is 1. The number of rotatable bonds is 13. The second-order valence-corrected chi connectivity index (χ2v) is 15.2. The van der Waals surface area contributed by atoms with E-state index in [9.17, 15) is 15.0 Å². The first-order valence-corrected chi connectivity index (χ1v) is 16.5. The summed E-state index contributed by atoms with van der Waals surface area (Å²) in [7, 11) is 0. The Bertz CT molecular complexity index is 884. The maximum absolute atomic E-state index is 12.1. The number of aliphatic hydroxyl groups excluding tert-OH is 2. The van der Waals surface area contributed by atoms with Crippen LogP contribution in [-0.4, -0.2) is 48.7 Å². The van der Waals surface area contributed by atoms with E-state index < -0.39 is 24.6 Å². The molecule has 230 valence electrons. The molecular formula is C34H59NO5. The van der Waals surface area contributed by atoms with E-state index in [1.54, 1.807) is 5.57 Å². The Morgan fingerprint density at radius 2 is 1.82 bits per heavy atom. The molecule has 3 N–H and O–H groups in total. The number of ether oxygens (including phenoxy) is 1. The van der Waals surface area contributed by atoms with Gasteiger partial charge in [0.05, 0.1) is 25.9 Å². The lowest BCUT2D eigenvalue weighted by Crippen LogP contribution is -2.51. The van der Waals surface area contributed by atoms with Crippen LogP contribution in [0.25, 0.3) is 0 Å². The average Bonchev–Trinajstić information content (AvgIpc) is 3.29. The molecule has 0 heterocycles. The molecular weight excluding hydrogens is 502 g/mol. The summed E-state index contributed by atoms with van der Waals surface area (Å²) in [6.45, 7) is 13.6. The topological polar surface area (TPSA) is 88.0 Å². The molecule has 0 aromatic carbocycles. The fourth-order valence-electron chi connectivity index (χ4n) is 9.47. The summed E-state index contributed by atoms with van der Waals surface area (Å²) in [5, 5.41) is 18.7. The Kier molecular flexibility index (Phi) is 10.5. The Hall–Kier alpha value is -0.950. The zero-order valence-corrected chi connectivity index (χ0v) is 26.3. The van der Waals surface area contributed by atoms with Crippen LogP contribution in [0.5, 0.6) is 0 Å².